The number of aliphatic carboxylic acids is 1. The minimum atomic E-state index is -3.38. The van der Waals surface area contributed by atoms with Gasteiger partial charge in [-0.3, -0.25) is 4.79 Å². The average Bonchev–Trinajstić information content (AvgIpc) is 2.73. The quantitative estimate of drug-likeness (QED) is 0.827. The molecule has 0 aliphatic heterocycles. The number of hydrogen-bond donors (Lipinski definition) is 2. The fourth-order valence-electron chi connectivity index (χ4n) is 3.28. The predicted octanol–water partition coefficient (Wildman–Crippen LogP) is 1.88. The second-order valence-corrected chi connectivity index (χ2v) is 8.08. The van der Waals surface area contributed by atoms with Gasteiger partial charge >= 0.3 is 5.97 Å². The summed E-state index contributed by atoms with van der Waals surface area (Å²) in [6.07, 6.45) is 6.33. The normalized spacial score (nSPS) is 33.4. The van der Waals surface area contributed by atoms with Crippen molar-refractivity contribution in [2.75, 3.05) is 0 Å². The van der Waals surface area contributed by atoms with Crippen LogP contribution in [0, 0.1) is 5.41 Å². The third-order valence-corrected chi connectivity index (χ3v) is 6.71. The van der Waals surface area contributed by atoms with Gasteiger partial charge in [-0.25, -0.2) is 13.1 Å². The number of rotatable bonds is 4. The lowest BCUT2D eigenvalue weighted by molar-refractivity contribution is -0.148. The van der Waals surface area contributed by atoms with Gasteiger partial charge in [0.1, 0.15) is 0 Å². The molecule has 0 bridgehead atoms. The standard InChI is InChI=1S/C13H23NO4S/c1-13(12(15)16)9-5-8-11(13)14-19(17,18)10-6-3-2-4-7-10/h10-11,14H,2-9H2,1H3,(H,15,16). The molecule has 2 aliphatic carbocycles. The zero-order valence-electron chi connectivity index (χ0n) is 11.4. The van der Waals surface area contributed by atoms with Crippen LogP contribution in [0.5, 0.6) is 0 Å². The van der Waals surface area contributed by atoms with Crippen molar-refractivity contribution in [2.45, 2.75) is 69.6 Å². The molecule has 5 nitrogen and oxygen atoms in total. The molecule has 6 heteroatoms. The van der Waals surface area contributed by atoms with Crippen LogP contribution in [0.15, 0.2) is 0 Å². The van der Waals surface area contributed by atoms with Crippen LogP contribution in [0.25, 0.3) is 0 Å². The van der Waals surface area contributed by atoms with E-state index in [1.807, 2.05) is 0 Å². The van der Waals surface area contributed by atoms with Crippen molar-refractivity contribution in [2.24, 2.45) is 5.41 Å². The highest BCUT2D eigenvalue weighted by Gasteiger charge is 2.47. The van der Waals surface area contributed by atoms with Gasteiger partial charge in [-0.15, -0.1) is 0 Å². The van der Waals surface area contributed by atoms with E-state index in [0.29, 0.717) is 25.7 Å². The topological polar surface area (TPSA) is 83.5 Å². The van der Waals surface area contributed by atoms with Gasteiger partial charge in [0.25, 0.3) is 0 Å². The molecule has 2 N–H and O–H groups in total. The van der Waals surface area contributed by atoms with E-state index in [2.05, 4.69) is 4.72 Å². The fraction of sp³-hybridized carbons (Fsp3) is 0.923. The number of hydrogen-bond acceptors (Lipinski definition) is 3. The Balaban J connectivity index is 2.09. The summed E-state index contributed by atoms with van der Waals surface area (Å²) in [5.41, 5.74) is -0.957. The number of carboxylic acid groups (broad SMARTS) is 1. The third-order valence-electron chi connectivity index (χ3n) is 4.74. The molecular weight excluding hydrogens is 266 g/mol. The summed E-state index contributed by atoms with van der Waals surface area (Å²) in [5.74, 6) is -0.902. The Hall–Kier alpha value is -0.620. The van der Waals surface area contributed by atoms with Crippen molar-refractivity contribution in [3.05, 3.63) is 0 Å². The van der Waals surface area contributed by atoms with Crippen LogP contribution in [0.4, 0.5) is 0 Å². The molecule has 0 heterocycles. The first-order valence-corrected chi connectivity index (χ1v) is 8.65. The van der Waals surface area contributed by atoms with E-state index >= 15 is 0 Å². The Morgan fingerprint density at radius 3 is 2.37 bits per heavy atom. The highest BCUT2D eigenvalue weighted by atomic mass is 32.2. The van der Waals surface area contributed by atoms with Crippen LogP contribution < -0.4 is 4.72 Å². The summed E-state index contributed by atoms with van der Waals surface area (Å²) in [4.78, 5) is 11.4. The van der Waals surface area contributed by atoms with Gasteiger partial charge in [0.15, 0.2) is 0 Å². The van der Waals surface area contributed by atoms with E-state index in [4.69, 9.17) is 0 Å². The van der Waals surface area contributed by atoms with Gasteiger partial charge in [0.2, 0.25) is 10.0 Å². The maximum absolute atomic E-state index is 12.3. The Labute approximate surface area is 114 Å². The van der Waals surface area contributed by atoms with Crippen LogP contribution in [-0.2, 0) is 14.8 Å². The lowest BCUT2D eigenvalue weighted by Gasteiger charge is -2.30. The van der Waals surface area contributed by atoms with Crippen molar-refractivity contribution in [1.82, 2.24) is 4.72 Å². The number of carboxylic acids is 1. The summed E-state index contributed by atoms with van der Waals surface area (Å²) in [6.45, 7) is 1.65. The maximum atomic E-state index is 12.3. The summed E-state index contributed by atoms with van der Waals surface area (Å²) in [7, 11) is -3.38. The van der Waals surface area contributed by atoms with Crippen molar-refractivity contribution in [3.8, 4) is 0 Å². The Kier molecular flexibility index (Phi) is 4.20. The van der Waals surface area contributed by atoms with E-state index < -0.39 is 27.4 Å². The van der Waals surface area contributed by atoms with Crippen LogP contribution in [0.2, 0.25) is 0 Å². The summed E-state index contributed by atoms with van der Waals surface area (Å²) >= 11 is 0. The third kappa shape index (κ3) is 2.94. The highest BCUT2D eigenvalue weighted by molar-refractivity contribution is 7.90. The Morgan fingerprint density at radius 1 is 1.16 bits per heavy atom. The summed E-state index contributed by atoms with van der Waals surface area (Å²) < 4.78 is 27.4. The van der Waals surface area contributed by atoms with Crippen LogP contribution in [0.3, 0.4) is 0 Å². The Morgan fingerprint density at radius 2 is 1.79 bits per heavy atom. The molecule has 0 amide bonds. The number of carbonyl (C=O) groups is 1. The Bertz CT molecular complexity index is 442. The van der Waals surface area contributed by atoms with Crippen LogP contribution in [-0.4, -0.2) is 30.8 Å². The predicted molar refractivity (Wildman–Crippen MR) is 72.3 cm³/mol. The molecule has 2 fully saturated rings. The number of nitrogens with one attached hydrogen (secondary N) is 1. The molecule has 2 rings (SSSR count). The first kappa shape index (κ1) is 14.8. The van der Waals surface area contributed by atoms with E-state index in [-0.39, 0.29) is 5.25 Å². The van der Waals surface area contributed by atoms with Gasteiger partial charge in [-0.05, 0) is 32.6 Å². The largest absolute Gasteiger partial charge is 0.481 e. The van der Waals surface area contributed by atoms with Gasteiger partial charge in [0.05, 0.1) is 10.7 Å². The lowest BCUT2D eigenvalue weighted by Crippen LogP contribution is -2.49. The SMILES string of the molecule is CC1(C(=O)O)CCCC1NS(=O)(=O)C1CCCCC1. The summed E-state index contributed by atoms with van der Waals surface area (Å²) in [5, 5.41) is 8.98. The molecule has 0 aromatic carbocycles. The molecule has 19 heavy (non-hydrogen) atoms. The molecule has 0 aromatic rings. The first-order valence-electron chi connectivity index (χ1n) is 7.11. The van der Waals surface area contributed by atoms with E-state index in [9.17, 15) is 18.3 Å². The van der Waals surface area contributed by atoms with E-state index in [0.717, 1.165) is 25.7 Å². The van der Waals surface area contributed by atoms with Crippen molar-refractivity contribution in [1.29, 1.82) is 0 Å². The van der Waals surface area contributed by atoms with Crippen molar-refractivity contribution < 1.29 is 18.3 Å². The molecule has 2 aliphatic rings. The fourth-order valence-corrected chi connectivity index (χ4v) is 5.20. The molecule has 0 aromatic heterocycles. The van der Waals surface area contributed by atoms with Gasteiger partial charge in [-0.2, -0.15) is 0 Å². The monoisotopic (exact) mass is 289 g/mol. The van der Waals surface area contributed by atoms with Gasteiger partial charge in [0, 0.05) is 6.04 Å². The van der Waals surface area contributed by atoms with Crippen molar-refractivity contribution >= 4 is 16.0 Å². The number of sulfonamides is 1. The van der Waals surface area contributed by atoms with E-state index in [1.54, 1.807) is 6.92 Å². The minimum Gasteiger partial charge on any atom is -0.481 e. The van der Waals surface area contributed by atoms with Gasteiger partial charge in [-0.1, -0.05) is 25.7 Å². The molecule has 2 unspecified atom stereocenters. The first-order chi connectivity index (χ1) is 8.86. The smallest absolute Gasteiger partial charge is 0.310 e. The summed E-state index contributed by atoms with van der Waals surface area (Å²) in [6, 6.07) is -0.461. The molecule has 2 saturated carbocycles. The molecular formula is C13H23NO4S. The molecule has 2 atom stereocenters. The zero-order valence-corrected chi connectivity index (χ0v) is 12.2. The molecule has 0 radical (unpaired) electrons. The van der Waals surface area contributed by atoms with E-state index in [1.165, 1.54) is 0 Å². The minimum absolute atomic E-state index is 0.333. The molecule has 0 spiro atoms. The van der Waals surface area contributed by atoms with Crippen LogP contribution >= 0.6 is 0 Å². The maximum Gasteiger partial charge on any atom is 0.310 e. The second-order valence-electron chi connectivity index (χ2n) is 6.09. The van der Waals surface area contributed by atoms with Crippen LogP contribution in [0.1, 0.15) is 58.3 Å². The lowest BCUT2D eigenvalue weighted by atomic mass is 9.85. The highest BCUT2D eigenvalue weighted by Crippen LogP contribution is 2.39. The average molecular weight is 289 g/mol. The van der Waals surface area contributed by atoms with Gasteiger partial charge < -0.3 is 5.11 Å². The second kappa shape index (κ2) is 5.40. The molecule has 0 saturated heterocycles. The zero-order chi connectivity index (χ0) is 14.1. The molecule has 110 valence electrons. The van der Waals surface area contributed by atoms with Crippen molar-refractivity contribution in [3.63, 3.8) is 0 Å².